The van der Waals surface area contributed by atoms with E-state index in [-0.39, 0.29) is 51.4 Å². The Bertz CT molecular complexity index is 162. The molecule has 2 heteroatoms. The Balaban J connectivity index is 0.000000810. The van der Waals surface area contributed by atoms with Crippen LogP contribution in [0.2, 0.25) is 0 Å². The zero-order chi connectivity index (χ0) is 6.53. The average molecular weight is 159 g/mol. The van der Waals surface area contributed by atoms with E-state index in [1.807, 2.05) is 25.2 Å². The van der Waals surface area contributed by atoms with E-state index < -0.39 is 0 Å². The Hall–Kier alpha value is 0.816. The van der Waals surface area contributed by atoms with Crippen LogP contribution in [0.1, 0.15) is 5.56 Å². The minimum atomic E-state index is 0. The van der Waals surface area contributed by atoms with Crippen molar-refractivity contribution in [3.05, 3.63) is 41.2 Å². The van der Waals surface area contributed by atoms with Crippen molar-refractivity contribution in [2.45, 2.75) is 6.54 Å². The van der Waals surface area contributed by atoms with Crippen molar-refractivity contribution in [1.82, 2.24) is 0 Å². The van der Waals surface area contributed by atoms with Gasteiger partial charge in [0.25, 0.3) is 0 Å². The fourth-order valence-corrected chi connectivity index (χ4v) is 0.766. The molecule has 1 aromatic rings. The molecule has 0 atom stereocenters. The van der Waals surface area contributed by atoms with Gasteiger partial charge in [0, 0.05) is 0 Å². The SMILES string of the molecule is C[N-]Cc1ccccc1.[K+]. The molecule has 0 saturated carbocycles. The van der Waals surface area contributed by atoms with Gasteiger partial charge in [-0.15, -0.1) is 6.54 Å². The first kappa shape index (κ1) is 10.8. The van der Waals surface area contributed by atoms with E-state index >= 15 is 0 Å². The Morgan fingerprint density at radius 2 is 1.80 bits per heavy atom. The fraction of sp³-hybridized carbons (Fsp3) is 0.250. The number of hydrogen-bond donors (Lipinski definition) is 0. The van der Waals surface area contributed by atoms with Gasteiger partial charge >= 0.3 is 51.4 Å². The van der Waals surface area contributed by atoms with Gasteiger partial charge in [0.2, 0.25) is 0 Å². The predicted molar refractivity (Wildman–Crippen MR) is 39.4 cm³/mol. The molecule has 0 N–H and O–H groups in total. The standard InChI is InChI=1S/C8H10N.K/c1-9-7-8-5-3-2-4-6-8;/h2-6H,7H2,1H3;/q-1;+1. The van der Waals surface area contributed by atoms with Crippen LogP contribution in [0.4, 0.5) is 0 Å². The van der Waals surface area contributed by atoms with Crippen LogP contribution < -0.4 is 51.4 Å². The Morgan fingerprint density at radius 1 is 1.20 bits per heavy atom. The molecule has 0 aliphatic heterocycles. The Kier molecular flexibility index (Phi) is 7.05. The van der Waals surface area contributed by atoms with Crippen molar-refractivity contribution in [3.8, 4) is 0 Å². The van der Waals surface area contributed by atoms with Crippen LogP contribution in [-0.4, -0.2) is 7.05 Å². The predicted octanol–water partition coefficient (Wildman–Crippen LogP) is -0.806. The molecule has 0 aliphatic rings. The molecule has 0 bridgehead atoms. The average Bonchev–Trinajstić information content (AvgIpc) is 1.91. The van der Waals surface area contributed by atoms with Gasteiger partial charge < -0.3 is 5.32 Å². The first-order chi connectivity index (χ1) is 4.43. The van der Waals surface area contributed by atoms with Crippen LogP contribution >= 0.6 is 0 Å². The number of nitrogens with zero attached hydrogens (tertiary/aromatic N) is 1. The molecule has 10 heavy (non-hydrogen) atoms. The third kappa shape index (κ3) is 3.86. The van der Waals surface area contributed by atoms with Crippen LogP contribution in [0.25, 0.3) is 5.32 Å². The maximum Gasteiger partial charge on any atom is 1.00 e. The summed E-state index contributed by atoms with van der Waals surface area (Å²) < 4.78 is 0. The molecular weight excluding hydrogens is 149 g/mol. The molecule has 0 aromatic heterocycles. The van der Waals surface area contributed by atoms with E-state index in [4.69, 9.17) is 0 Å². The smallest absolute Gasteiger partial charge is 0.661 e. The zero-order valence-corrected chi connectivity index (χ0v) is 9.66. The van der Waals surface area contributed by atoms with Crippen molar-refractivity contribution in [2.75, 3.05) is 7.05 Å². The molecule has 0 aliphatic carbocycles. The molecule has 48 valence electrons. The zero-order valence-electron chi connectivity index (χ0n) is 6.54. The van der Waals surface area contributed by atoms with Gasteiger partial charge in [-0.3, -0.25) is 0 Å². The summed E-state index contributed by atoms with van der Waals surface area (Å²) in [7, 11) is 1.83. The van der Waals surface area contributed by atoms with E-state index in [2.05, 4.69) is 17.4 Å². The third-order valence-electron chi connectivity index (χ3n) is 1.18. The summed E-state index contributed by atoms with van der Waals surface area (Å²) in [5.74, 6) is 0. The van der Waals surface area contributed by atoms with E-state index in [1.165, 1.54) is 5.56 Å². The van der Waals surface area contributed by atoms with Gasteiger partial charge in [-0.25, -0.2) is 0 Å². The molecule has 0 saturated heterocycles. The molecule has 0 spiro atoms. The topological polar surface area (TPSA) is 14.1 Å². The minimum Gasteiger partial charge on any atom is -0.661 e. The molecule has 0 fully saturated rings. The van der Waals surface area contributed by atoms with E-state index in [0.29, 0.717) is 0 Å². The molecule has 0 radical (unpaired) electrons. The minimum absolute atomic E-state index is 0. The summed E-state index contributed by atoms with van der Waals surface area (Å²) in [5.41, 5.74) is 1.28. The van der Waals surface area contributed by atoms with Gasteiger partial charge in [0.1, 0.15) is 0 Å². The summed E-state index contributed by atoms with van der Waals surface area (Å²) in [6.07, 6.45) is 0. The molecule has 1 aromatic carbocycles. The second kappa shape index (κ2) is 6.52. The van der Waals surface area contributed by atoms with E-state index in [0.717, 1.165) is 6.54 Å². The van der Waals surface area contributed by atoms with Gasteiger partial charge in [-0.1, -0.05) is 35.9 Å². The maximum atomic E-state index is 4.01. The van der Waals surface area contributed by atoms with Crippen molar-refractivity contribution >= 4 is 0 Å². The summed E-state index contributed by atoms with van der Waals surface area (Å²) in [5, 5.41) is 4.01. The van der Waals surface area contributed by atoms with Crippen LogP contribution in [0.5, 0.6) is 0 Å². The summed E-state index contributed by atoms with van der Waals surface area (Å²) in [6.45, 7) is 0.834. The Morgan fingerprint density at radius 3 is 2.30 bits per heavy atom. The molecular formula is C8H10KN. The molecule has 0 amide bonds. The van der Waals surface area contributed by atoms with Crippen molar-refractivity contribution in [3.63, 3.8) is 0 Å². The van der Waals surface area contributed by atoms with Crippen LogP contribution in [-0.2, 0) is 6.54 Å². The maximum absolute atomic E-state index is 4.01. The van der Waals surface area contributed by atoms with Gasteiger partial charge in [0.05, 0.1) is 0 Å². The number of benzene rings is 1. The third-order valence-corrected chi connectivity index (χ3v) is 1.18. The second-order valence-electron chi connectivity index (χ2n) is 1.96. The fourth-order valence-electron chi connectivity index (χ4n) is 0.766. The van der Waals surface area contributed by atoms with Crippen molar-refractivity contribution < 1.29 is 51.4 Å². The summed E-state index contributed by atoms with van der Waals surface area (Å²) >= 11 is 0. The largest absolute Gasteiger partial charge is 1.00 e. The quantitative estimate of drug-likeness (QED) is 0.501. The van der Waals surface area contributed by atoms with Crippen LogP contribution in [0, 0.1) is 0 Å². The van der Waals surface area contributed by atoms with E-state index in [9.17, 15) is 0 Å². The molecule has 0 heterocycles. The number of rotatable bonds is 2. The van der Waals surface area contributed by atoms with Gasteiger partial charge in [0.15, 0.2) is 0 Å². The molecule has 1 nitrogen and oxygen atoms in total. The van der Waals surface area contributed by atoms with Gasteiger partial charge in [-0.2, -0.15) is 7.05 Å². The first-order valence-electron chi connectivity index (χ1n) is 3.03. The van der Waals surface area contributed by atoms with E-state index in [1.54, 1.807) is 0 Å². The van der Waals surface area contributed by atoms with Crippen molar-refractivity contribution in [1.29, 1.82) is 0 Å². The Labute approximate surface area is 105 Å². The van der Waals surface area contributed by atoms with Gasteiger partial charge in [-0.05, 0) is 0 Å². The summed E-state index contributed by atoms with van der Waals surface area (Å²) in [6, 6.07) is 10.2. The van der Waals surface area contributed by atoms with Crippen LogP contribution in [0.15, 0.2) is 30.3 Å². The second-order valence-corrected chi connectivity index (χ2v) is 1.96. The normalized spacial score (nSPS) is 8.50. The van der Waals surface area contributed by atoms with Crippen molar-refractivity contribution in [2.24, 2.45) is 0 Å². The molecule has 1 rings (SSSR count). The van der Waals surface area contributed by atoms with Crippen LogP contribution in [0.3, 0.4) is 0 Å². The number of hydrogen-bond acceptors (Lipinski definition) is 0. The summed E-state index contributed by atoms with van der Waals surface area (Å²) in [4.78, 5) is 0. The first-order valence-corrected chi connectivity index (χ1v) is 3.03. The molecule has 0 unspecified atom stereocenters. The monoisotopic (exact) mass is 159 g/mol.